The summed E-state index contributed by atoms with van der Waals surface area (Å²) in [6.07, 6.45) is 12.0. The smallest absolute Gasteiger partial charge is 0.376 e. The number of hydrogen-bond acceptors (Lipinski definition) is 10. The highest BCUT2D eigenvalue weighted by Gasteiger charge is 2.35. The first-order valence-electron chi connectivity index (χ1n) is 19.1. The second-order valence-corrected chi connectivity index (χ2v) is 15.7. The lowest BCUT2D eigenvalue weighted by Crippen LogP contribution is -2.59. The summed E-state index contributed by atoms with van der Waals surface area (Å²) in [5, 5.41) is 23.0. The summed E-state index contributed by atoms with van der Waals surface area (Å²) in [6, 6.07) is 7.80. The number of carbonyl (C=O) groups excluding carboxylic acids is 2. The summed E-state index contributed by atoms with van der Waals surface area (Å²) >= 11 is 9.94. The van der Waals surface area contributed by atoms with Gasteiger partial charge < -0.3 is 40.2 Å². The van der Waals surface area contributed by atoms with Crippen LogP contribution < -0.4 is 21.3 Å². The Hall–Kier alpha value is -3.64. The highest BCUT2D eigenvalue weighted by molar-refractivity contribution is 9.10. The first kappa shape index (κ1) is 41.0. The van der Waals surface area contributed by atoms with Crippen molar-refractivity contribution >= 4 is 46.4 Å². The van der Waals surface area contributed by atoms with Gasteiger partial charge in [-0.3, -0.25) is 19.5 Å². The number of nitrogens with zero attached hydrogens (tertiary/aromatic N) is 7. The van der Waals surface area contributed by atoms with Gasteiger partial charge in [-0.15, -0.1) is 0 Å². The SMILES string of the molecule is CB(O)N1CCN[C@@H](C(=O)NCCCn2ccnc2C)C1.Cc1nccn1CCNC(=O)[C@H]1CN(C2c3ccc(Cl)cc3CCc3cc(Br)cnc32)CCN1. The molecule has 3 atom stereocenters. The number of imidazole rings is 2. The Labute approximate surface area is 337 Å². The molecule has 14 nitrogen and oxygen atoms in total. The third-order valence-electron chi connectivity index (χ3n) is 10.6. The number of piperazine rings is 2. The maximum atomic E-state index is 13.0. The third kappa shape index (κ3) is 10.8. The molecule has 4 aromatic rings. The lowest BCUT2D eigenvalue weighted by atomic mass is 9.83. The van der Waals surface area contributed by atoms with E-state index in [-0.39, 0.29) is 29.9 Å². The number of hydrogen-bond donors (Lipinski definition) is 5. The van der Waals surface area contributed by atoms with Gasteiger partial charge in [0.15, 0.2) is 0 Å². The van der Waals surface area contributed by atoms with Crippen molar-refractivity contribution < 1.29 is 14.6 Å². The second-order valence-electron chi connectivity index (χ2n) is 14.4. The lowest BCUT2D eigenvalue weighted by molar-refractivity contribution is -0.125. The first-order chi connectivity index (χ1) is 26.6. The molecule has 3 aliphatic rings. The van der Waals surface area contributed by atoms with E-state index < -0.39 is 7.05 Å². The van der Waals surface area contributed by atoms with Crippen molar-refractivity contribution in [2.24, 2.45) is 0 Å². The predicted molar refractivity (Wildman–Crippen MR) is 218 cm³/mol. The van der Waals surface area contributed by atoms with Crippen molar-refractivity contribution in [2.75, 3.05) is 52.4 Å². The van der Waals surface area contributed by atoms with Gasteiger partial charge >= 0.3 is 7.05 Å². The third-order valence-corrected chi connectivity index (χ3v) is 11.3. The van der Waals surface area contributed by atoms with Crippen LogP contribution in [0.15, 0.2) is 59.7 Å². The molecule has 3 aromatic heterocycles. The number of amides is 2. The minimum Gasteiger partial charge on any atom is -0.437 e. The Kier molecular flexibility index (Phi) is 14.5. The van der Waals surface area contributed by atoms with Crippen LogP contribution in [0.5, 0.6) is 0 Å². The molecular formula is C38H52BBrClN11O3. The number of pyridine rings is 1. The van der Waals surface area contributed by atoms with Crippen molar-refractivity contribution in [3.05, 3.63) is 98.8 Å². The fraction of sp³-hybridized carbons (Fsp3) is 0.500. The Morgan fingerprint density at radius 2 is 1.56 bits per heavy atom. The van der Waals surface area contributed by atoms with E-state index in [2.05, 4.69) is 74.8 Å². The Morgan fingerprint density at radius 3 is 2.25 bits per heavy atom. The van der Waals surface area contributed by atoms with Gasteiger partial charge in [0, 0.05) is 106 Å². The minimum atomic E-state index is -0.508. The highest BCUT2D eigenvalue weighted by atomic mass is 79.9. The number of aromatic nitrogens is 5. The molecule has 1 unspecified atom stereocenters. The van der Waals surface area contributed by atoms with Crippen LogP contribution in [-0.4, -0.2) is 122 Å². The molecule has 1 aliphatic carbocycles. The van der Waals surface area contributed by atoms with Crippen LogP contribution in [0, 0.1) is 13.8 Å². The average molecular weight is 837 g/mol. The van der Waals surface area contributed by atoms with Gasteiger partial charge in [-0.25, -0.2) is 9.97 Å². The summed E-state index contributed by atoms with van der Waals surface area (Å²) in [6.45, 7) is 12.6. The normalized spacial score (nSPS) is 20.0. The van der Waals surface area contributed by atoms with Crippen molar-refractivity contribution in [3.63, 3.8) is 0 Å². The zero-order valence-corrected chi connectivity index (χ0v) is 34.2. The molecule has 2 amide bonds. The molecule has 7 rings (SSSR count). The molecule has 2 fully saturated rings. The number of carbonyl (C=O) groups is 2. The Bertz CT molecular complexity index is 1850. The molecular weight excluding hydrogens is 785 g/mol. The van der Waals surface area contributed by atoms with Crippen LogP contribution >= 0.6 is 27.5 Å². The van der Waals surface area contributed by atoms with E-state index in [1.807, 2.05) is 47.9 Å². The van der Waals surface area contributed by atoms with Gasteiger partial charge in [0.25, 0.3) is 0 Å². The maximum Gasteiger partial charge on any atom is 0.376 e. The van der Waals surface area contributed by atoms with Crippen LogP contribution in [-0.2, 0) is 35.5 Å². The maximum absolute atomic E-state index is 13.0. The van der Waals surface area contributed by atoms with Crippen molar-refractivity contribution in [2.45, 2.75) is 71.1 Å². The minimum absolute atomic E-state index is 0.00250. The quantitative estimate of drug-likeness (QED) is 0.112. The predicted octanol–water partition coefficient (Wildman–Crippen LogP) is 2.36. The van der Waals surface area contributed by atoms with Gasteiger partial charge in [-0.05, 0) is 90.8 Å². The van der Waals surface area contributed by atoms with Gasteiger partial charge in [0.2, 0.25) is 11.8 Å². The molecule has 0 spiro atoms. The van der Waals surface area contributed by atoms with E-state index in [0.29, 0.717) is 32.7 Å². The van der Waals surface area contributed by atoms with E-state index in [1.165, 1.54) is 16.7 Å². The summed E-state index contributed by atoms with van der Waals surface area (Å²) in [5.74, 6) is 1.96. The van der Waals surface area contributed by atoms with E-state index in [0.717, 1.165) is 78.8 Å². The molecule has 0 radical (unpaired) electrons. The molecule has 2 saturated heterocycles. The summed E-state index contributed by atoms with van der Waals surface area (Å²) < 4.78 is 5.09. The van der Waals surface area contributed by atoms with E-state index >= 15 is 0 Å². The molecule has 17 heteroatoms. The fourth-order valence-electron chi connectivity index (χ4n) is 7.54. The number of nitrogens with one attached hydrogen (secondary N) is 4. The van der Waals surface area contributed by atoms with Crippen molar-refractivity contribution in [1.29, 1.82) is 0 Å². The highest BCUT2D eigenvalue weighted by Crippen LogP contribution is 2.38. The molecule has 0 bridgehead atoms. The van der Waals surface area contributed by atoms with E-state index in [9.17, 15) is 14.6 Å². The molecule has 5 heterocycles. The van der Waals surface area contributed by atoms with Gasteiger partial charge in [-0.2, -0.15) is 0 Å². The average Bonchev–Trinajstić information content (AvgIpc) is 3.76. The number of aryl methyl sites for hydroxylation is 5. The number of halogens is 2. The van der Waals surface area contributed by atoms with Crippen LogP contribution in [0.25, 0.3) is 0 Å². The van der Waals surface area contributed by atoms with Crippen molar-refractivity contribution in [3.8, 4) is 0 Å². The van der Waals surface area contributed by atoms with Crippen LogP contribution in [0.2, 0.25) is 11.8 Å². The fourth-order valence-corrected chi connectivity index (χ4v) is 8.11. The van der Waals surface area contributed by atoms with Crippen LogP contribution in [0.1, 0.15) is 46.5 Å². The Morgan fingerprint density at radius 1 is 0.909 bits per heavy atom. The lowest BCUT2D eigenvalue weighted by Gasteiger charge is -2.39. The van der Waals surface area contributed by atoms with Crippen molar-refractivity contribution in [1.82, 2.24) is 55.1 Å². The summed E-state index contributed by atoms with van der Waals surface area (Å²) in [4.78, 5) is 42.7. The van der Waals surface area contributed by atoms with E-state index in [4.69, 9.17) is 16.6 Å². The van der Waals surface area contributed by atoms with Crippen LogP contribution in [0.4, 0.5) is 0 Å². The topological polar surface area (TPSA) is 158 Å². The zero-order chi connectivity index (χ0) is 38.9. The molecule has 5 N–H and O–H groups in total. The molecule has 294 valence electrons. The summed E-state index contributed by atoms with van der Waals surface area (Å²) in [7, 11) is -0.508. The first-order valence-corrected chi connectivity index (χ1v) is 20.3. The largest absolute Gasteiger partial charge is 0.437 e. The standard InChI is InChI=1S/C25H28BrClN6O.C13H24BN5O2/c1-16-28-6-9-32(16)10-8-30-25(34)22-15-33(11-7-29-22)24-21-5-4-20(27)13-17(21)2-3-18-12-19(26)14-31-23(18)24;1-11-15-5-8-18(11)7-3-4-17-13(20)12-10-19(14(2)21)9-6-16-12/h4-6,9,12-14,22,24,29H,2-3,7-8,10-11,15H2,1H3,(H,30,34);5,8,12,16,21H,3-4,6-7,9-10H2,1-2H3,(H,17,20)/t22-,24?;12-/m11/s1. The number of fused-ring (bicyclic) bond motifs is 2. The molecule has 2 aliphatic heterocycles. The molecule has 0 saturated carbocycles. The van der Waals surface area contributed by atoms with Crippen LogP contribution in [0.3, 0.4) is 0 Å². The number of benzene rings is 1. The second kappa shape index (κ2) is 19.5. The number of rotatable bonds is 11. The van der Waals surface area contributed by atoms with Gasteiger partial charge in [0.1, 0.15) is 11.6 Å². The summed E-state index contributed by atoms with van der Waals surface area (Å²) in [5.41, 5.74) is 4.79. The Balaban J connectivity index is 0.000000211. The van der Waals surface area contributed by atoms with E-state index in [1.54, 1.807) is 19.2 Å². The molecule has 55 heavy (non-hydrogen) atoms. The van der Waals surface area contributed by atoms with Gasteiger partial charge in [0.05, 0.1) is 23.8 Å². The van der Waals surface area contributed by atoms with Gasteiger partial charge in [-0.1, -0.05) is 17.7 Å². The monoisotopic (exact) mass is 835 g/mol. The zero-order valence-electron chi connectivity index (χ0n) is 31.8. The molecule has 1 aromatic carbocycles.